The minimum atomic E-state index is 1.18. The molecule has 0 unspecified atom stereocenters. The Labute approximate surface area is 279 Å². The minimum Gasteiger partial charge on any atom is -0.0877 e. The number of hydrogen-bond donors (Lipinski definition) is 0. The molecule has 0 spiro atoms. The summed E-state index contributed by atoms with van der Waals surface area (Å²) in [6, 6.07) is 67.2. The van der Waals surface area contributed by atoms with Crippen molar-refractivity contribution < 1.29 is 0 Å². The summed E-state index contributed by atoms with van der Waals surface area (Å²) in [4.78, 5) is 0. The van der Waals surface area contributed by atoms with Crippen molar-refractivity contribution in [2.45, 2.75) is 0 Å². The smallest absolute Gasteiger partial charge is 0.0877 e. The summed E-state index contributed by atoms with van der Waals surface area (Å²) in [5.41, 5.74) is 15.8. The molecule has 0 aliphatic heterocycles. The number of rotatable bonds is 8. The van der Waals surface area contributed by atoms with E-state index in [1.54, 1.807) is 0 Å². The van der Waals surface area contributed by atoms with E-state index in [-0.39, 0.29) is 0 Å². The van der Waals surface area contributed by atoms with Crippen molar-refractivity contribution >= 4 is 36.6 Å². The van der Waals surface area contributed by atoms with Crippen molar-refractivity contribution in [3.8, 4) is 22.3 Å². The fourth-order valence-corrected chi connectivity index (χ4v) is 6.13. The molecule has 0 nitrogen and oxygen atoms in total. The fourth-order valence-electron chi connectivity index (χ4n) is 6.13. The topological polar surface area (TPSA) is 0 Å². The Morgan fingerprint density at radius 3 is 0.915 bits per heavy atom. The average Bonchev–Trinajstić information content (AvgIpc) is 3.14. The Bertz CT molecular complexity index is 1890. The van der Waals surface area contributed by atoms with Gasteiger partial charge in [-0.1, -0.05) is 187 Å². The Hall–Kier alpha value is -5.92. The van der Waals surface area contributed by atoms with Crippen LogP contribution < -0.4 is 5.46 Å². The first kappa shape index (κ1) is 29.8. The number of hydrogen-bond acceptors (Lipinski definition) is 0. The van der Waals surface area contributed by atoms with Crippen LogP contribution in [0.15, 0.2) is 188 Å². The van der Waals surface area contributed by atoms with E-state index in [0.29, 0.717) is 0 Å². The Kier molecular flexibility index (Phi) is 8.88. The molecule has 7 aromatic carbocycles. The molecule has 0 N–H and O–H groups in total. The molecule has 0 fully saturated rings. The Balaban J connectivity index is 1.17. The van der Waals surface area contributed by atoms with Crippen LogP contribution in [0.3, 0.4) is 0 Å². The van der Waals surface area contributed by atoms with Crippen LogP contribution in [0.5, 0.6) is 0 Å². The van der Waals surface area contributed by atoms with E-state index in [9.17, 15) is 0 Å². The lowest BCUT2D eigenvalue weighted by Crippen LogP contribution is -2.02. The molecule has 0 saturated heterocycles. The van der Waals surface area contributed by atoms with E-state index >= 15 is 0 Å². The van der Waals surface area contributed by atoms with E-state index in [2.05, 4.69) is 208 Å². The molecule has 1 heteroatoms. The van der Waals surface area contributed by atoms with Crippen LogP contribution in [0.1, 0.15) is 33.4 Å². The third-order valence-electron chi connectivity index (χ3n) is 8.53. The van der Waals surface area contributed by atoms with Crippen molar-refractivity contribution in [1.82, 2.24) is 0 Å². The first-order chi connectivity index (χ1) is 23.2. The first-order valence-corrected chi connectivity index (χ1v) is 16.2. The van der Waals surface area contributed by atoms with Crippen molar-refractivity contribution in [1.29, 1.82) is 0 Å². The predicted molar refractivity (Wildman–Crippen MR) is 205 cm³/mol. The molecule has 0 saturated carbocycles. The van der Waals surface area contributed by atoms with Crippen LogP contribution in [0.25, 0.3) is 45.6 Å². The van der Waals surface area contributed by atoms with Crippen LogP contribution >= 0.6 is 0 Å². The highest BCUT2D eigenvalue weighted by atomic mass is 14.1. The fraction of sp³-hybridized carbons (Fsp3) is 0. The third-order valence-corrected chi connectivity index (χ3v) is 8.53. The van der Waals surface area contributed by atoms with Gasteiger partial charge in [0.1, 0.15) is 7.85 Å². The molecule has 0 heterocycles. The maximum absolute atomic E-state index is 2.31. The van der Waals surface area contributed by atoms with Crippen LogP contribution in [0, 0.1) is 0 Å². The molecule has 0 amide bonds. The molecule has 0 bridgehead atoms. The highest BCUT2D eigenvalue weighted by molar-refractivity contribution is 6.33. The number of benzene rings is 7. The normalized spacial score (nSPS) is 10.6. The van der Waals surface area contributed by atoms with Crippen LogP contribution in [-0.4, -0.2) is 7.85 Å². The minimum absolute atomic E-state index is 1.18. The molecule has 0 aromatic heterocycles. The molecule has 7 rings (SSSR count). The summed E-state index contributed by atoms with van der Waals surface area (Å²) in [6.45, 7) is 0. The van der Waals surface area contributed by atoms with Crippen molar-refractivity contribution in [2.24, 2.45) is 0 Å². The summed E-state index contributed by atoms with van der Waals surface area (Å²) >= 11 is 0. The van der Waals surface area contributed by atoms with Crippen LogP contribution in [0.4, 0.5) is 0 Å². The molecule has 222 valence electrons. The highest BCUT2D eigenvalue weighted by Crippen LogP contribution is 2.30. The van der Waals surface area contributed by atoms with Gasteiger partial charge in [-0.15, -0.1) is 0 Å². The summed E-state index contributed by atoms with van der Waals surface area (Å²) in [6.07, 6.45) is 4.57. The Morgan fingerprint density at radius 2 is 0.617 bits per heavy atom. The average molecular weight is 599 g/mol. The lowest BCUT2D eigenvalue weighted by atomic mass is 9.87. The SMILES string of the molecule is Bc1cc(-c2ccc(C=C(c3ccccc3)c3ccccc3)cc2)cc(-c2ccc(C=C(c3ccccc3)c3ccccc3)cc2)c1. The molecule has 0 atom stereocenters. The van der Waals surface area contributed by atoms with Gasteiger partial charge in [-0.05, 0) is 85.0 Å². The summed E-state index contributed by atoms with van der Waals surface area (Å²) < 4.78 is 0. The zero-order chi connectivity index (χ0) is 31.8. The molecule has 0 aliphatic carbocycles. The summed E-state index contributed by atoms with van der Waals surface area (Å²) in [7, 11) is 2.18. The second-order valence-corrected chi connectivity index (χ2v) is 11.9. The second kappa shape index (κ2) is 14.0. The standard InChI is InChI=1S/C46H35B/c47-44-32-42(36-25-21-34(22-26-36)29-45(38-13-5-1-6-14-38)39-15-7-2-8-16-39)31-43(33-44)37-27-23-35(24-28-37)30-46(40-17-9-3-10-18-40)41-19-11-4-12-20-41/h1-33H,47H2. The molecule has 0 aliphatic rings. The first-order valence-electron chi connectivity index (χ1n) is 16.2. The summed E-state index contributed by atoms with van der Waals surface area (Å²) in [5.74, 6) is 0. The van der Waals surface area contributed by atoms with E-state index in [4.69, 9.17) is 0 Å². The third kappa shape index (κ3) is 7.16. The van der Waals surface area contributed by atoms with Gasteiger partial charge in [0.15, 0.2) is 0 Å². The maximum atomic E-state index is 2.31. The van der Waals surface area contributed by atoms with Gasteiger partial charge in [0.2, 0.25) is 0 Å². The van der Waals surface area contributed by atoms with Crippen LogP contribution in [-0.2, 0) is 0 Å². The van der Waals surface area contributed by atoms with Crippen molar-refractivity contribution in [3.63, 3.8) is 0 Å². The molecular weight excluding hydrogens is 563 g/mol. The van der Waals surface area contributed by atoms with Crippen molar-refractivity contribution in [3.05, 3.63) is 221 Å². The van der Waals surface area contributed by atoms with Gasteiger partial charge in [-0.3, -0.25) is 0 Å². The molecule has 7 aromatic rings. The monoisotopic (exact) mass is 598 g/mol. The van der Waals surface area contributed by atoms with Gasteiger partial charge in [-0.25, -0.2) is 0 Å². The summed E-state index contributed by atoms with van der Waals surface area (Å²) in [5, 5.41) is 0. The lowest BCUT2D eigenvalue weighted by Gasteiger charge is -2.11. The Morgan fingerprint density at radius 1 is 0.319 bits per heavy atom. The molecule has 0 radical (unpaired) electrons. The van der Waals surface area contributed by atoms with Crippen LogP contribution in [0.2, 0.25) is 0 Å². The van der Waals surface area contributed by atoms with E-state index < -0.39 is 0 Å². The van der Waals surface area contributed by atoms with Gasteiger partial charge in [0.05, 0.1) is 0 Å². The second-order valence-electron chi connectivity index (χ2n) is 11.9. The predicted octanol–water partition coefficient (Wildman–Crippen LogP) is 10.5. The zero-order valence-corrected chi connectivity index (χ0v) is 26.6. The maximum Gasteiger partial charge on any atom is 0.139 e. The van der Waals surface area contributed by atoms with E-state index in [1.165, 1.54) is 72.2 Å². The van der Waals surface area contributed by atoms with Crippen molar-refractivity contribution in [2.75, 3.05) is 0 Å². The molecular formula is C46H35B. The van der Waals surface area contributed by atoms with E-state index in [0.717, 1.165) is 0 Å². The molecule has 47 heavy (non-hydrogen) atoms. The lowest BCUT2D eigenvalue weighted by molar-refractivity contribution is 1.54. The van der Waals surface area contributed by atoms with Gasteiger partial charge in [0, 0.05) is 0 Å². The highest BCUT2D eigenvalue weighted by Gasteiger charge is 2.08. The largest absolute Gasteiger partial charge is 0.139 e. The van der Waals surface area contributed by atoms with Gasteiger partial charge >= 0.3 is 0 Å². The van der Waals surface area contributed by atoms with E-state index in [1.807, 2.05) is 0 Å². The van der Waals surface area contributed by atoms with Gasteiger partial charge in [-0.2, -0.15) is 0 Å². The van der Waals surface area contributed by atoms with Gasteiger partial charge < -0.3 is 0 Å². The zero-order valence-electron chi connectivity index (χ0n) is 26.6. The quantitative estimate of drug-likeness (QED) is 0.121. The van der Waals surface area contributed by atoms with Gasteiger partial charge in [0.25, 0.3) is 0 Å².